The Balaban J connectivity index is 2.35. The highest BCUT2D eigenvalue weighted by molar-refractivity contribution is 7.86. The lowest BCUT2D eigenvalue weighted by Crippen LogP contribution is -2.53. The molecule has 1 saturated heterocycles. The number of nitro groups is 1. The van der Waals surface area contributed by atoms with E-state index >= 15 is 0 Å². The maximum atomic E-state index is 12.5. The van der Waals surface area contributed by atoms with Gasteiger partial charge >= 0.3 is 12.3 Å². The van der Waals surface area contributed by atoms with Crippen molar-refractivity contribution in [3.05, 3.63) is 28.3 Å². The summed E-state index contributed by atoms with van der Waals surface area (Å²) in [5.74, 6) is 0.0155. The summed E-state index contributed by atoms with van der Waals surface area (Å²) in [5.41, 5.74) is 0.0520. The fraction of sp³-hybridized carbons (Fsp3) is 0.600. The molecule has 1 atom stereocenters. The van der Waals surface area contributed by atoms with E-state index in [4.69, 9.17) is 0 Å². The molecule has 2 rings (SSSR count). The zero-order valence-electron chi connectivity index (χ0n) is 13.5. The van der Waals surface area contributed by atoms with Crippen molar-refractivity contribution in [2.24, 2.45) is 0 Å². The van der Waals surface area contributed by atoms with E-state index in [2.05, 4.69) is 4.74 Å². The highest BCUT2D eigenvalue weighted by Gasteiger charge is 2.39. The van der Waals surface area contributed by atoms with E-state index in [-0.39, 0.29) is 4.75 Å². The number of alkyl halides is 2. The first kappa shape index (κ1) is 18.6. The highest BCUT2D eigenvalue weighted by atomic mass is 32.2. The van der Waals surface area contributed by atoms with Crippen molar-refractivity contribution in [2.75, 3.05) is 23.7 Å². The second-order valence-corrected chi connectivity index (χ2v) is 7.61. The zero-order chi connectivity index (χ0) is 17.9. The first-order valence-corrected chi connectivity index (χ1v) is 9.01. The Morgan fingerprint density at radius 3 is 2.62 bits per heavy atom. The van der Waals surface area contributed by atoms with E-state index in [1.165, 1.54) is 12.1 Å². The predicted molar refractivity (Wildman–Crippen MR) is 88.3 cm³/mol. The molecule has 0 N–H and O–H groups in total. The predicted octanol–water partition coefficient (Wildman–Crippen LogP) is 3.32. The van der Waals surface area contributed by atoms with Gasteiger partial charge in [0.2, 0.25) is 5.75 Å². The molecule has 6 nitrogen and oxygen atoms in total. The molecule has 0 spiro atoms. The van der Waals surface area contributed by atoms with Gasteiger partial charge in [-0.2, -0.15) is 8.78 Å². The molecule has 0 amide bonds. The van der Waals surface area contributed by atoms with Gasteiger partial charge in [-0.05, 0) is 18.9 Å². The SMILES string of the molecule is CCC1(CC)CN(c2ccc([N+](=O)[O-])c(OC(F)F)c2)CCS1=O. The second-order valence-electron chi connectivity index (χ2n) is 5.65. The normalized spacial score (nSPS) is 20.2. The maximum Gasteiger partial charge on any atom is 0.387 e. The standard InChI is InChI=1S/C15H20F2N2O4S/c1-3-15(4-2)10-18(7-8-24(15)22)11-5-6-12(19(20)21)13(9-11)23-14(16)17/h5-6,9,14H,3-4,7-8,10H2,1-2H3. The molecule has 1 aromatic rings. The Morgan fingerprint density at radius 2 is 2.08 bits per heavy atom. The lowest BCUT2D eigenvalue weighted by Gasteiger charge is -2.42. The molecule has 1 fully saturated rings. The highest BCUT2D eigenvalue weighted by Crippen LogP contribution is 2.36. The Labute approximate surface area is 141 Å². The van der Waals surface area contributed by atoms with Gasteiger partial charge in [0, 0.05) is 47.5 Å². The minimum atomic E-state index is -3.14. The van der Waals surface area contributed by atoms with Gasteiger partial charge in [0.05, 0.1) is 9.67 Å². The van der Waals surface area contributed by atoms with Crippen molar-refractivity contribution in [1.29, 1.82) is 0 Å². The summed E-state index contributed by atoms with van der Waals surface area (Å²) in [5, 5.41) is 11.0. The number of hydrogen-bond acceptors (Lipinski definition) is 5. The fourth-order valence-electron chi connectivity index (χ4n) is 2.97. The maximum absolute atomic E-state index is 12.5. The van der Waals surface area contributed by atoms with Crippen LogP contribution in [0.3, 0.4) is 0 Å². The summed E-state index contributed by atoms with van der Waals surface area (Å²) < 4.78 is 41.4. The number of hydrogen-bond donors (Lipinski definition) is 0. The minimum Gasteiger partial charge on any atom is -0.427 e. The molecule has 9 heteroatoms. The summed E-state index contributed by atoms with van der Waals surface area (Å²) in [4.78, 5) is 12.1. The van der Waals surface area contributed by atoms with Crippen molar-refractivity contribution in [1.82, 2.24) is 0 Å². The van der Waals surface area contributed by atoms with Crippen LogP contribution in [0.5, 0.6) is 5.75 Å². The number of rotatable bonds is 6. The van der Waals surface area contributed by atoms with E-state index in [1.807, 2.05) is 18.7 Å². The molecule has 1 aromatic carbocycles. The largest absolute Gasteiger partial charge is 0.427 e. The van der Waals surface area contributed by atoms with Crippen molar-refractivity contribution in [2.45, 2.75) is 38.0 Å². The first-order chi connectivity index (χ1) is 11.3. The van der Waals surface area contributed by atoms with Crippen LogP contribution >= 0.6 is 0 Å². The second kappa shape index (κ2) is 7.42. The van der Waals surface area contributed by atoms with E-state index < -0.39 is 33.8 Å². The molecule has 0 aliphatic carbocycles. The molecule has 1 aliphatic heterocycles. The van der Waals surface area contributed by atoms with Gasteiger partial charge in [-0.15, -0.1) is 0 Å². The number of halogens is 2. The van der Waals surface area contributed by atoms with Gasteiger partial charge in [-0.3, -0.25) is 14.3 Å². The van der Waals surface area contributed by atoms with Crippen molar-refractivity contribution in [3.8, 4) is 5.75 Å². The molecule has 1 aliphatic rings. The zero-order valence-corrected chi connectivity index (χ0v) is 14.4. The van der Waals surface area contributed by atoms with Crippen LogP contribution in [0.1, 0.15) is 26.7 Å². The van der Waals surface area contributed by atoms with E-state index in [1.54, 1.807) is 0 Å². The third-order valence-corrected chi connectivity index (χ3v) is 6.74. The average molecular weight is 362 g/mol. The van der Waals surface area contributed by atoms with Gasteiger partial charge in [0.1, 0.15) is 0 Å². The van der Waals surface area contributed by atoms with Crippen LogP contribution in [0.4, 0.5) is 20.2 Å². The fourth-order valence-corrected chi connectivity index (χ4v) is 4.73. The minimum absolute atomic E-state index is 0.357. The molecule has 0 aromatic heterocycles. The van der Waals surface area contributed by atoms with Gasteiger partial charge in [0.15, 0.2) is 0 Å². The smallest absolute Gasteiger partial charge is 0.387 e. The summed E-state index contributed by atoms with van der Waals surface area (Å²) in [6.45, 7) is 1.83. The monoisotopic (exact) mass is 362 g/mol. The Morgan fingerprint density at radius 1 is 1.42 bits per heavy atom. The van der Waals surface area contributed by atoms with Crippen LogP contribution < -0.4 is 9.64 Å². The summed E-state index contributed by atoms with van der Waals surface area (Å²) in [6.07, 6.45) is 1.47. The van der Waals surface area contributed by atoms with E-state index in [0.29, 0.717) is 24.5 Å². The lowest BCUT2D eigenvalue weighted by atomic mass is 10.0. The number of anilines is 1. The molecule has 1 heterocycles. The molecule has 1 unspecified atom stereocenters. The van der Waals surface area contributed by atoms with Gasteiger partial charge in [0.25, 0.3) is 0 Å². The van der Waals surface area contributed by atoms with Crippen LogP contribution in [-0.2, 0) is 10.8 Å². The molecule has 0 radical (unpaired) electrons. The van der Waals surface area contributed by atoms with Crippen molar-refractivity contribution < 1.29 is 22.6 Å². The molecular weight excluding hydrogens is 342 g/mol. The average Bonchev–Trinajstić information content (AvgIpc) is 2.54. The molecule has 0 saturated carbocycles. The van der Waals surface area contributed by atoms with E-state index in [0.717, 1.165) is 18.9 Å². The first-order valence-electron chi connectivity index (χ1n) is 7.69. The van der Waals surface area contributed by atoms with E-state index in [9.17, 15) is 23.1 Å². The molecule has 24 heavy (non-hydrogen) atoms. The number of ether oxygens (including phenoxy) is 1. The summed E-state index contributed by atoms with van der Waals surface area (Å²) in [6, 6.07) is 3.94. The molecular formula is C15H20F2N2O4S. The quantitative estimate of drug-likeness (QED) is 0.573. The van der Waals surface area contributed by atoms with Gasteiger partial charge in [-0.25, -0.2) is 0 Å². The molecule has 0 bridgehead atoms. The van der Waals surface area contributed by atoms with Gasteiger partial charge in [-0.1, -0.05) is 13.8 Å². The third-order valence-electron chi connectivity index (χ3n) is 4.52. The number of nitro benzene ring substituents is 1. The molecule has 134 valence electrons. The topological polar surface area (TPSA) is 72.7 Å². The van der Waals surface area contributed by atoms with Crippen LogP contribution in [0, 0.1) is 10.1 Å². The third kappa shape index (κ3) is 3.66. The van der Waals surface area contributed by atoms with Crippen molar-refractivity contribution in [3.63, 3.8) is 0 Å². The number of nitrogens with zero attached hydrogens (tertiary/aromatic N) is 2. The van der Waals surface area contributed by atoms with Crippen LogP contribution in [0.25, 0.3) is 0 Å². The number of benzene rings is 1. The summed E-state index contributed by atoms with van der Waals surface area (Å²) >= 11 is 0. The Hall–Kier alpha value is -1.77. The Kier molecular flexibility index (Phi) is 5.74. The Bertz CT molecular complexity index is 638. The lowest BCUT2D eigenvalue weighted by molar-refractivity contribution is -0.386. The van der Waals surface area contributed by atoms with Crippen LogP contribution in [0.15, 0.2) is 18.2 Å². The summed E-state index contributed by atoms with van der Waals surface area (Å²) in [7, 11) is -0.958. The van der Waals surface area contributed by atoms with Crippen molar-refractivity contribution >= 4 is 22.2 Å². The van der Waals surface area contributed by atoms with Gasteiger partial charge < -0.3 is 9.64 Å². The van der Waals surface area contributed by atoms with Crippen LogP contribution in [0.2, 0.25) is 0 Å². The van der Waals surface area contributed by atoms with Crippen LogP contribution in [-0.4, -0.2) is 39.3 Å².